The molecule has 164 valence electrons. The second-order valence-electron chi connectivity index (χ2n) is 7.25. The van der Waals surface area contributed by atoms with Crippen molar-refractivity contribution < 1.29 is 23.9 Å². The maximum Gasteiger partial charge on any atom is 0.343 e. The van der Waals surface area contributed by atoms with Gasteiger partial charge >= 0.3 is 11.9 Å². The summed E-state index contributed by atoms with van der Waals surface area (Å²) in [5.74, 6) is -1.17. The van der Waals surface area contributed by atoms with Crippen LogP contribution in [-0.4, -0.2) is 29.3 Å². The summed E-state index contributed by atoms with van der Waals surface area (Å²) in [6, 6.07) is 21.8. The topological polar surface area (TPSA) is 82.6 Å². The number of rotatable bonds is 6. The molecule has 0 aliphatic carbocycles. The minimum Gasteiger partial charge on any atom is -0.454 e. The standard InChI is InChI=1S/C26H18BrNO5/c1-16-14-22(21-4-2-3-5-23(21)28-16)26(31)32-15-24(29)17-8-12-20(13-9-17)33-25(30)18-6-10-19(27)11-7-18/h2-14H,15H2,1H3. The quantitative estimate of drug-likeness (QED) is 0.194. The lowest BCUT2D eigenvalue weighted by atomic mass is 10.1. The first-order chi connectivity index (χ1) is 15.9. The number of para-hydroxylation sites is 1. The van der Waals surface area contributed by atoms with Gasteiger partial charge in [0.2, 0.25) is 0 Å². The van der Waals surface area contributed by atoms with Crippen LogP contribution in [0.15, 0.2) is 83.3 Å². The average Bonchev–Trinajstić information content (AvgIpc) is 2.82. The number of carbonyl (C=O) groups is 3. The lowest BCUT2D eigenvalue weighted by Crippen LogP contribution is -2.15. The van der Waals surface area contributed by atoms with Crippen molar-refractivity contribution >= 4 is 44.6 Å². The number of fused-ring (bicyclic) bond motifs is 1. The Morgan fingerprint density at radius 1 is 0.848 bits per heavy atom. The van der Waals surface area contributed by atoms with Gasteiger partial charge in [0, 0.05) is 21.1 Å². The fraction of sp³-hybridized carbons (Fsp3) is 0.0769. The SMILES string of the molecule is Cc1cc(C(=O)OCC(=O)c2ccc(OC(=O)c3ccc(Br)cc3)cc2)c2ccccc2n1. The molecule has 0 bridgehead atoms. The Morgan fingerprint density at radius 2 is 1.52 bits per heavy atom. The molecule has 0 aliphatic rings. The van der Waals surface area contributed by atoms with E-state index in [1.54, 1.807) is 43.3 Å². The molecule has 4 aromatic rings. The highest BCUT2D eigenvalue weighted by Crippen LogP contribution is 2.20. The molecule has 0 unspecified atom stereocenters. The first-order valence-electron chi connectivity index (χ1n) is 10.1. The number of hydrogen-bond acceptors (Lipinski definition) is 6. The van der Waals surface area contributed by atoms with E-state index in [0.29, 0.717) is 39.0 Å². The van der Waals surface area contributed by atoms with E-state index in [0.717, 1.165) is 4.47 Å². The van der Waals surface area contributed by atoms with Crippen LogP contribution in [0.1, 0.15) is 36.8 Å². The van der Waals surface area contributed by atoms with Crippen molar-refractivity contribution in [2.24, 2.45) is 0 Å². The van der Waals surface area contributed by atoms with Gasteiger partial charge in [0.05, 0.1) is 16.6 Å². The Hall–Kier alpha value is -3.84. The van der Waals surface area contributed by atoms with Crippen LogP contribution in [0.25, 0.3) is 10.9 Å². The number of ketones is 1. The maximum absolute atomic E-state index is 12.6. The zero-order chi connectivity index (χ0) is 23.4. The molecule has 0 atom stereocenters. The molecule has 0 fully saturated rings. The van der Waals surface area contributed by atoms with Gasteiger partial charge < -0.3 is 9.47 Å². The van der Waals surface area contributed by atoms with Gasteiger partial charge in [-0.2, -0.15) is 0 Å². The first kappa shape index (κ1) is 22.4. The van der Waals surface area contributed by atoms with Gasteiger partial charge in [-0.3, -0.25) is 9.78 Å². The summed E-state index contributed by atoms with van der Waals surface area (Å²) in [4.78, 5) is 41.7. The van der Waals surface area contributed by atoms with Crippen LogP contribution in [0.3, 0.4) is 0 Å². The normalized spacial score (nSPS) is 10.6. The Labute approximate surface area is 198 Å². The summed E-state index contributed by atoms with van der Waals surface area (Å²) in [6.07, 6.45) is 0. The average molecular weight is 504 g/mol. The predicted octanol–water partition coefficient (Wildman–Crippen LogP) is 5.56. The van der Waals surface area contributed by atoms with Gasteiger partial charge in [-0.25, -0.2) is 9.59 Å². The number of carbonyl (C=O) groups excluding carboxylic acids is 3. The van der Waals surface area contributed by atoms with Gasteiger partial charge in [-0.15, -0.1) is 0 Å². The van der Waals surface area contributed by atoms with E-state index in [1.165, 1.54) is 24.3 Å². The van der Waals surface area contributed by atoms with Crippen molar-refractivity contribution in [2.45, 2.75) is 6.92 Å². The van der Waals surface area contributed by atoms with E-state index < -0.39 is 18.5 Å². The lowest BCUT2D eigenvalue weighted by Gasteiger charge is -2.09. The molecule has 33 heavy (non-hydrogen) atoms. The van der Waals surface area contributed by atoms with Crippen molar-refractivity contribution in [3.8, 4) is 5.75 Å². The molecule has 0 aliphatic heterocycles. The number of aryl methyl sites for hydroxylation is 1. The molecule has 6 nitrogen and oxygen atoms in total. The van der Waals surface area contributed by atoms with E-state index in [4.69, 9.17) is 9.47 Å². The third-order valence-electron chi connectivity index (χ3n) is 4.87. The fourth-order valence-electron chi connectivity index (χ4n) is 3.23. The number of benzene rings is 3. The lowest BCUT2D eigenvalue weighted by molar-refractivity contribution is 0.0476. The van der Waals surface area contributed by atoms with Gasteiger partial charge in [0.15, 0.2) is 12.4 Å². The summed E-state index contributed by atoms with van der Waals surface area (Å²) < 4.78 is 11.4. The molecular formula is C26H18BrNO5. The zero-order valence-electron chi connectivity index (χ0n) is 17.6. The number of esters is 2. The molecule has 0 N–H and O–H groups in total. The number of aromatic nitrogens is 1. The van der Waals surface area contributed by atoms with E-state index in [9.17, 15) is 14.4 Å². The highest BCUT2D eigenvalue weighted by atomic mass is 79.9. The third-order valence-corrected chi connectivity index (χ3v) is 5.39. The fourth-order valence-corrected chi connectivity index (χ4v) is 3.49. The van der Waals surface area contributed by atoms with Crippen LogP contribution in [0, 0.1) is 6.92 Å². The maximum atomic E-state index is 12.6. The molecule has 0 radical (unpaired) electrons. The number of Topliss-reactive ketones (excluding diaryl/α,β-unsaturated/α-hetero) is 1. The second-order valence-corrected chi connectivity index (χ2v) is 8.16. The Kier molecular flexibility index (Phi) is 6.60. The summed E-state index contributed by atoms with van der Waals surface area (Å²) in [5, 5.41) is 0.664. The second kappa shape index (κ2) is 9.75. The van der Waals surface area contributed by atoms with Crippen molar-refractivity contribution in [3.63, 3.8) is 0 Å². The number of ether oxygens (including phenoxy) is 2. The molecule has 4 rings (SSSR count). The van der Waals surface area contributed by atoms with E-state index in [1.807, 2.05) is 18.2 Å². The molecule has 0 saturated heterocycles. The monoisotopic (exact) mass is 503 g/mol. The minimum absolute atomic E-state index is 0.301. The summed E-state index contributed by atoms with van der Waals surface area (Å²) in [6.45, 7) is 1.38. The van der Waals surface area contributed by atoms with Crippen LogP contribution >= 0.6 is 15.9 Å². The van der Waals surface area contributed by atoms with Crippen molar-refractivity contribution in [2.75, 3.05) is 6.61 Å². The number of halogens is 1. The minimum atomic E-state index is -0.593. The van der Waals surface area contributed by atoms with Crippen molar-refractivity contribution in [1.29, 1.82) is 0 Å². The predicted molar refractivity (Wildman–Crippen MR) is 127 cm³/mol. The van der Waals surface area contributed by atoms with Crippen molar-refractivity contribution in [1.82, 2.24) is 4.98 Å². The van der Waals surface area contributed by atoms with E-state index >= 15 is 0 Å². The van der Waals surface area contributed by atoms with E-state index in [-0.39, 0.29) is 5.78 Å². The molecule has 1 aromatic heterocycles. The molecule has 0 amide bonds. The van der Waals surface area contributed by atoms with Gasteiger partial charge in [0.25, 0.3) is 0 Å². The first-order valence-corrected chi connectivity index (χ1v) is 10.8. The van der Waals surface area contributed by atoms with Crippen molar-refractivity contribution in [3.05, 3.63) is 106 Å². The molecule has 1 heterocycles. The van der Waals surface area contributed by atoms with Crippen LogP contribution in [0.2, 0.25) is 0 Å². The molecule has 7 heteroatoms. The zero-order valence-corrected chi connectivity index (χ0v) is 19.2. The molecule has 0 saturated carbocycles. The molecule has 3 aromatic carbocycles. The van der Waals surface area contributed by atoms with Crippen LogP contribution < -0.4 is 4.74 Å². The Balaban J connectivity index is 1.39. The number of nitrogens with zero attached hydrogens (tertiary/aromatic N) is 1. The summed E-state index contributed by atoms with van der Waals surface area (Å²) >= 11 is 3.31. The van der Waals surface area contributed by atoms with Gasteiger partial charge in [0.1, 0.15) is 5.75 Å². The highest BCUT2D eigenvalue weighted by Gasteiger charge is 2.16. The number of hydrogen-bond donors (Lipinski definition) is 0. The largest absolute Gasteiger partial charge is 0.454 e. The molecular weight excluding hydrogens is 486 g/mol. The summed E-state index contributed by atoms with van der Waals surface area (Å²) in [5.41, 5.74) is 2.47. The van der Waals surface area contributed by atoms with E-state index in [2.05, 4.69) is 20.9 Å². The summed E-state index contributed by atoms with van der Waals surface area (Å²) in [7, 11) is 0. The van der Waals surface area contributed by atoms with Crippen LogP contribution in [0.4, 0.5) is 0 Å². The number of pyridine rings is 1. The Morgan fingerprint density at radius 3 is 2.24 bits per heavy atom. The van der Waals surface area contributed by atoms with Crippen LogP contribution in [-0.2, 0) is 4.74 Å². The van der Waals surface area contributed by atoms with Crippen LogP contribution in [0.5, 0.6) is 5.75 Å². The smallest absolute Gasteiger partial charge is 0.343 e. The Bertz CT molecular complexity index is 1350. The van der Waals surface area contributed by atoms with Gasteiger partial charge in [-0.05, 0) is 67.6 Å². The molecule has 0 spiro atoms. The van der Waals surface area contributed by atoms with Gasteiger partial charge in [-0.1, -0.05) is 34.1 Å². The highest BCUT2D eigenvalue weighted by molar-refractivity contribution is 9.10. The third kappa shape index (κ3) is 5.32.